The molecular formula is C15H16BrNO3S. The van der Waals surface area contributed by atoms with Crippen molar-refractivity contribution in [2.24, 2.45) is 5.92 Å². The normalized spacial score (nSPS) is 27.4. The summed E-state index contributed by atoms with van der Waals surface area (Å²) in [4.78, 5) is 12.1. The first-order chi connectivity index (χ1) is 9.86. The van der Waals surface area contributed by atoms with Gasteiger partial charge < -0.3 is 0 Å². The van der Waals surface area contributed by atoms with Gasteiger partial charge in [-0.3, -0.25) is 9.10 Å². The van der Waals surface area contributed by atoms with Crippen molar-refractivity contribution in [3.8, 4) is 0 Å². The molecule has 1 saturated heterocycles. The molecule has 2 bridgehead atoms. The van der Waals surface area contributed by atoms with Gasteiger partial charge in [-0.2, -0.15) is 0 Å². The molecule has 1 saturated carbocycles. The molecular weight excluding hydrogens is 354 g/mol. The van der Waals surface area contributed by atoms with Gasteiger partial charge in [-0.25, -0.2) is 8.42 Å². The number of carbonyl (C=O) groups is 1. The summed E-state index contributed by atoms with van der Waals surface area (Å²) in [6, 6.07) is 7.55. The highest BCUT2D eigenvalue weighted by molar-refractivity contribution is 9.10. The average Bonchev–Trinajstić information content (AvgIpc) is 2.71. The summed E-state index contributed by atoms with van der Waals surface area (Å²) >= 11 is 3.38. The van der Waals surface area contributed by atoms with Gasteiger partial charge in [-0.1, -0.05) is 28.1 Å². The fraction of sp³-hybridized carbons (Fsp3) is 0.400. The molecule has 1 aliphatic carbocycles. The molecule has 1 aromatic carbocycles. The fourth-order valence-corrected chi connectivity index (χ4v) is 4.78. The number of nitrogens with zero attached hydrogens (tertiary/aromatic N) is 1. The van der Waals surface area contributed by atoms with Crippen LogP contribution in [-0.4, -0.2) is 30.8 Å². The number of rotatable bonds is 2. The second kappa shape index (κ2) is 5.25. The van der Waals surface area contributed by atoms with Crippen LogP contribution in [0.3, 0.4) is 0 Å². The molecule has 0 N–H and O–H groups in total. The van der Waals surface area contributed by atoms with Crippen LogP contribution in [0.2, 0.25) is 0 Å². The third-order valence-electron chi connectivity index (χ3n) is 4.11. The number of hydrogen-bond acceptors (Lipinski definition) is 3. The third-order valence-corrected chi connectivity index (χ3v) is 5.86. The number of halogens is 1. The second-order valence-corrected chi connectivity index (χ2v) is 8.40. The SMILES string of the molecule is CS(=O)(=O)N1/C(=C/c2ccc(Br)cc2)[C@H]2C[C@@H]1CCC2=O. The van der Waals surface area contributed by atoms with Crippen molar-refractivity contribution in [1.82, 2.24) is 4.31 Å². The summed E-state index contributed by atoms with van der Waals surface area (Å²) in [5, 5.41) is 0. The van der Waals surface area contributed by atoms with Crippen molar-refractivity contribution in [2.45, 2.75) is 25.3 Å². The number of benzene rings is 1. The van der Waals surface area contributed by atoms with Crippen LogP contribution in [0.25, 0.3) is 6.08 Å². The van der Waals surface area contributed by atoms with Crippen LogP contribution in [0.5, 0.6) is 0 Å². The summed E-state index contributed by atoms with van der Waals surface area (Å²) in [6.45, 7) is 0. The highest BCUT2D eigenvalue weighted by Gasteiger charge is 2.46. The van der Waals surface area contributed by atoms with Gasteiger partial charge >= 0.3 is 0 Å². The van der Waals surface area contributed by atoms with E-state index in [0.717, 1.165) is 10.0 Å². The lowest BCUT2D eigenvalue weighted by Gasteiger charge is -2.24. The van der Waals surface area contributed by atoms with E-state index in [4.69, 9.17) is 0 Å². The van der Waals surface area contributed by atoms with Crippen molar-refractivity contribution in [3.63, 3.8) is 0 Å². The Labute approximate surface area is 133 Å². The van der Waals surface area contributed by atoms with Gasteiger partial charge in [-0.05, 0) is 36.6 Å². The van der Waals surface area contributed by atoms with Crippen LogP contribution < -0.4 is 0 Å². The van der Waals surface area contributed by atoms with Crippen molar-refractivity contribution in [1.29, 1.82) is 0 Å². The van der Waals surface area contributed by atoms with E-state index in [1.807, 2.05) is 30.3 Å². The lowest BCUT2D eigenvalue weighted by atomic mass is 9.87. The standard InChI is InChI=1S/C15H16BrNO3S/c1-21(19,20)17-12-6-7-15(18)13(9-12)14(17)8-10-2-4-11(16)5-3-10/h2-5,8,12-13H,6-7,9H2,1H3/b14-8+/t12-,13+/m0/s1. The number of carbonyl (C=O) groups excluding carboxylic acids is 1. The maximum absolute atomic E-state index is 12.1. The summed E-state index contributed by atoms with van der Waals surface area (Å²) in [6.07, 6.45) is 4.77. The maximum atomic E-state index is 12.1. The lowest BCUT2D eigenvalue weighted by molar-refractivity contribution is -0.122. The van der Waals surface area contributed by atoms with Crippen molar-refractivity contribution in [3.05, 3.63) is 40.0 Å². The molecule has 2 atom stereocenters. The number of sulfonamides is 1. The number of allylic oxidation sites excluding steroid dienone is 1. The van der Waals surface area contributed by atoms with Crippen molar-refractivity contribution in [2.75, 3.05) is 6.26 Å². The minimum atomic E-state index is -3.35. The number of hydrogen-bond donors (Lipinski definition) is 0. The maximum Gasteiger partial charge on any atom is 0.232 e. The summed E-state index contributed by atoms with van der Waals surface area (Å²) < 4.78 is 26.6. The van der Waals surface area contributed by atoms with Gasteiger partial charge in [-0.15, -0.1) is 0 Å². The zero-order valence-corrected chi connectivity index (χ0v) is 14.0. The average molecular weight is 370 g/mol. The molecule has 0 spiro atoms. The van der Waals surface area contributed by atoms with Gasteiger partial charge in [0.15, 0.2) is 0 Å². The Morgan fingerprint density at radius 3 is 2.57 bits per heavy atom. The molecule has 6 heteroatoms. The van der Waals surface area contributed by atoms with Gasteiger partial charge in [0.2, 0.25) is 10.0 Å². The smallest absolute Gasteiger partial charge is 0.232 e. The van der Waals surface area contributed by atoms with Crippen LogP contribution in [0.4, 0.5) is 0 Å². The Bertz CT molecular complexity index is 709. The van der Waals surface area contributed by atoms with Gasteiger partial charge in [0.05, 0.1) is 12.2 Å². The molecule has 0 amide bonds. The van der Waals surface area contributed by atoms with Crippen molar-refractivity contribution >= 4 is 37.8 Å². The molecule has 0 aromatic heterocycles. The minimum absolute atomic E-state index is 0.0654. The highest BCUT2D eigenvalue weighted by atomic mass is 79.9. The number of fused-ring (bicyclic) bond motifs is 2. The van der Waals surface area contributed by atoms with E-state index in [1.54, 1.807) is 0 Å². The van der Waals surface area contributed by atoms with E-state index >= 15 is 0 Å². The van der Waals surface area contributed by atoms with Crippen LogP contribution in [-0.2, 0) is 14.8 Å². The predicted octanol–water partition coefficient (Wildman–Crippen LogP) is 2.80. The van der Waals surface area contributed by atoms with Gasteiger partial charge in [0.1, 0.15) is 5.78 Å². The Hall–Kier alpha value is -1.14. The molecule has 1 aromatic rings. The Kier molecular flexibility index (Phi) is 3.69. The van der Waals surface area contributed by atoms with Gasteiger partial charge in [0.25, 0.3) is 0 Å². The van der Waals surface area contributed by atoms with Crippen molar-refractivity contribution < 1.29 is 13.2 Å². The molecule has 1 heterocycles. The molecule has 2 fully saturated rings. The Morgan fingerprint density at radius 2 is 1.95 bits per heavy atom. The quantitative estimate of drug-likeness (QED) is 0.805. The minimum Gasteiger partial charge on any atom is -0.299 e. The van der Waals surface area contributed by atoms with E-state index in [2.05, 4.69) is 15.9 Å². The topological polar surface area (TPSA) is 54.5 Å². The molecule has 112 valence electrons. The second-order valence-electron chi connectivity index (χ2n) is 5.63. The summed E-state index contributed by atoms with van der Waals surface area (Å²) in [5.74, 6) is -0.122. The molecule has 1 aliphatic heterocycles. The summed E-state index contributed by atoms with van der Waals surface area (Å²) in [5.41, 5.74) is 1.54. The molecule has 0 radical (unpaired) electrons. The highest BCUT2D eigenvalue weighted by Crippen LogP contribution is 2.43. The Morgan fingerprint density at radius 1 is 1.29 bits per heavy atom. The largest absolute Gasteiger partial charge is 0.299 e. The first kappa shape index (κ1) is 14.8. The summed E-state index contributed by atoms with van der Waals surface area (Å²) in [7, 11) is -3.35. The van der Waals surface area contributed by atoms with E-state index in [9.17, 15) is 13.2 Å². The van der Waals surface area contributed by atoms with Crippen LogP contribution in [0.15, 0.2) is 34.4 Å². The van der Waals surface area contributed by atoms with E-state index in [0.29, 0.717) is 25.0 Å². The molecule has 4 nitrogen and oxygen atoms in total. The van der Waals surface area contributed by atoms with E-state index < -0.39 is 10.0 Å². The van der Waals surface area contributed by atoms with Crippen LogP contribution in [0, 0.1) is 5.92 Å². The van der Waals surface area contributed by atoms with Crippen LogP contribution >= 0.6 is 15.9 Å². The molecule has 2 aliphatic rings. The zero-order valence-electron chi connectivity index (χ0n) is 11.6. The molecule has 3 rings (SSSR count). The number of ketones is 1. The Balaban J connectivity index is 2.07. The van der Waals surface area contributed by atoms with Crippen LogP contribution in [0.1, 0.15) is 24.8 Å². The van der Waals surface area contributed by atoms with Gasteiger partial charge in [0, 0.05) is 22.6 Å². The lowest BCUT2D eigenvalue weighted by Crippen LogP contribution is -2.33. The monoisotopic (exact) mass is 369 g/mol. The van der Waals surface area contributed by atoms with E-state index in [-0.39, 0.29) is 17.7 Å². The zero-order chi connectivity index (χ0) is 15.2. The first-order valence-corrected chi connectivity index (χ1v) is 9.49. The number of Topliss-reactive ketones (excluding diaryl/α,β-unsaturated/α-hetero) is 1. The molecule has 21 heavy (non-hydrogen) atoms. The molecule has 0 unspecified atom stereocenters. The third kappa shape index (κ3) is 2.79. The predicted molar refractivity (Wildman–Crippen MR) is 84.9 cm³/mol. The fourth-order valence-electron chi connectivity index (χ4n) is 3.22. The van der Waals surface area contributed by atoms with E-state index in [1.165, 1.54) is 10.6 Å². The first-order valence-electron chi connectivity index (χ1n) is 6.85.